The fourth-order valence-electron chi connectivity index (χ4n) is 2.44. The van der Waals surface area contributed by atoms with E-state index in [1.165, 1.54) is 12.1 Å². The molecule has 1 amide bonds. The molecule has 0 unspecified atom stereocenters. The monoisotopic (exact) mass is 337 g/mol. The number of carbonyl (C=O) groups is 1. The summed E-state index contributed by atoms with van der Waals surface area (Å²) in [5.41, 5.74) is 1.72. The Balaban J connectivity index is 1.97. The topological polar surface area (TPSA) is 57.8 Å². The number of aromatic nitrogens is 2. The quantitative estimate of drug-likeness (QED) is 0.859. The van der Waals surface area contributed by atoms with Crippen molar-refractivity contribution in [3.63, 3.8) is 0 Å². The van der Waals surface area contributed by atoms with Crippen molar-refractivity contribution < 1.29 is 18.0 Å². The van der Waals surface area contributed by atoms with Gasteiger partial charge in [0, 0.05) is 17.4 Å². The molecule has 24 heavy (non-hydrogen) atoms. The van der Waals surface area contributed by atoms with Crippen LogP contribution in [0.3, 0.4) is 0 Å². The Bertz CT molecular complexity index is 743. The van der Waals surface area contributed by atoms with Gasteiger partial charge in [0.05, 0.1) is 16.9 Å². The Morgan fingerprint density at radius 3 is 2.38 bits per heavy atom. The Labute approximate surface area is 137 Å². The third kappa shape index (κ3) is 3.29. The lowest BCUT2D eigenvalue weighted by Gasteiger charge is -2.11. The number of benzene rings is 1. The molecule has 128 valence electrons. The maximum absolute atomic E-state index is 12.7. The lowest BCUT2D eigenvalue weighted by atomic mass is 10.1. The highest BCUT2D eigenvalue weighted by atomic mass is 19.4. The molecule has 1 aromatic carbocycles. The molecule has 2 N–H and O–H groups in total. The van der Waals surface area contributed by atoms with E-state index in [4.69, 9.17) is 0 Å². The summed E-state index contributed by atoms with van der Waals surface area (Å²) in [4.78, 5) is 12.1. The zero-order valence-corrected chi connectivity index (χ0v) is 13.4. The van der Waals surface area contributed by atoms with E-state index in [0.717, 1.165) is 30.7 Å². The molecule has 0 aliphatic heterocycles. The van der Waals surface area contributed by atoms with Crippen LogP contribution in [0.5, 0.6) is 0 Å². The van der Waals surface area contributed by atoms with Crippen molar-refractivity contribution in [3.05, 3.63) is 35.5 Å². The van der Waals surface area contributed by atoms with Crippen LogP contribution in [0.25, 0.3) is 11.3 Å². The Kier molecular flexibility index (Phi) is 4.11. The van der Waals surface area contributed by atoms with E-state index >= 15 is 0 Å². The molecule has 7 heteroatoms. The van der Waals surface area contributed by atoms with Crippen molar-refractivity contribution in [2.24, 2.45) is 5.92 Å². The second-order valence-electron chi connectivity index (χ2n) is 6.35. The van der Waals surface area contributed by atoms with Gasteiger partial charge in [-0.3, -0.25) is 9.89 Å². The molecule has 4 nitrogen and oxygen atoms in total. The van der Waals surface area contributed by atoms with E-state index in [2.05, 4.69) is 15.5 Å². The van der Waals surface area contributed by atoms with E-state index < -0.39 is 11.7 Å². The Morgan fingerprint density at radius 1 is 1.25 bits per heavy atom. The minimum atomic E-state index is -4.38. The first-order chi connectivity index (χ1) is 11.3. The number of halogens is 3. The largest absolute Gasteiger partial charge is 0.416 e. The summed E-state index contributed by atoms with van der Waals surface area (Å²) in [6.07, 6.45) is -2.35. The number of H-pyrrole nitrogens is 1. The first-order valence-corrected chi connectivity index (χ1v) is 7.84. The fraction of sp³-hybridized carbons (Fsp3) is 0.412. The summed E-state index contributed by atoms with van der Waals surface area (Å²) in [5, 5.41) is 10.0. The van der Waals surface area contributed by atoms with Crippen LogP contribution in [0.1, 0.15) is 43.9 Å². The van der Waals surface area contributed by atoms with Gasteiger partial charge in [-0.1, -0.05) is 26.0 Å². The summed E-state index contributed by atoms with van der Waals surface area (Å²) < 4.78 is 38.1. The van der Waals surface area contributed by atoms with Gasteiger partial charge in [0.2, 0.25) is 5.91 Å². The number of rotatable bonds is 4. The average Bonchev–Trinajstić information content (AvgIpc) is 3.28. The van der Waals surface area contributed by atoms with Crippen molar-refractivity contribution in [1.29, 1.82) is 0 Å². The molecule has 1 saturated carbocycles. The third-order valence-electron chi connectivity index (χ3n) is 4.04. The number of nitrogens with one attached hydrogen (secondary N) is 2. The van der Waals surface area contributed by atoms with Crippen LogP contribution in [-0.2, 0) is 11.0 Å². The molecule has 1 aliphatic rings. The highest BCUT2D eigenvalue weighted by Crippen LogP contribution is 2.45. The van der Waals surface area contributed by atoms with Crippen molar-refractivity contribution in [3.8, 4) is 11.3 Å². The minimum Gasteiger partial charge on any atom is -0.322 e. The van der Waals surface area contributed by atoms with Crippen LogP contribution in [0, 0.1) is 5.92 Å². The number of hydrogen-bond acceptors (Lipinski definition) is 2. The Morgan fingerprint density at radius 2 is 1.88 bits per heavy atom. The van der Waals surface area contributed by atoms with Gasteiger partial charge in [-0.15, -0.1) is 0 Å². The summed E-state index contributed by atoms with van der Waals surface area (Å²) in [5.74, 6) is -0.0259. The molecule has 1 aromatic heterocycles. The van der Waals surface area contributed by atoms with Crippen LogP contribution in [-0.4, -0.2) is 16.1 Å². The second-order valence-corrected chi connectivity index (χ2v) is 6.35. The normalized spacial score (nSPS) is 14.9. The van der Waals surface area contributed by atoms with E-state index in [1.54, 1.807) is 13.8 Å². The fourth-order valence-corrected chi connectivity index (χ4v) is 2.44. The molecule has 1 aliphatic carbocycles. The highest BCUT2D eigenvalue weighted by molar-refractivity contribution is 5.96. The number of anilines is 1. The lowest BCUT2D eigenvalue weighted by Crippen LogP contribution is -2.18. The van der Waals surface area contributed by atoms with E-state index in [9.17, 15) is 18.0 Å². The first-order valence-electron chi connectivity index (χ1n) is 7.84. The minimum absolute atomic E-state index is 0.147. The lowest BCUT2D eigenvalue weighted by molar-refractivity contribution is -0.137. The number of alkyl halides is 3. The van der Waals surface area contributed by atoms with E-state index in [1.807, 2.05) is 0 Å². The van der Waals surface area contributed by atoms with Crippen molar-refractivity contribution in [2.75, 3.05) is 5.32 Å². The zero-order chi connectivity index (χ0) is 17.5. The van der Waals surface area contributed by atoms with Gasteiger partial charge < -0.3 is 5.32 Å². The number of hydrogen-bond donors (Lipinski definition) is 2. The number of carbonyl (C=O) groups excluding carboxylic acids is 1. The molecule has 0 radical (unpaired) electrons. The maximum atomic E-state index is 12.7. The predicted octanol–water partition coefficient (Wildman–Crippen LogP) is 4.57. The van der Waals surface area contributed by atoms with Gasteiger partial charge in [0.1, 0.15) is 5.69 Å². The molecule has 1 fully saturated rings. The Hall–Kier alpha value is -2.31. The molecule has 3 rings (SSSR count). The number of aromatic amines is 1. The van der Waals surface area contributed by atoms with Gasteiger partial charge in [-0.05, 0) is 25.0 Å². The second kappa shape index (κ2) is 5.96. The molecule has 2 aromatic rings. The molecule has 1 heterocycles. The van der Waals surface area contributed by atoms with Crippen molar-refractivity contribution in [1.82, 2.24) is 10.2 Å². The molecule has 0 spiro atoms. The van der Waals surface area contributed by atoms with Gasteiger partial charge in [-0.2, -0.15) is 18.3 Å². The number of amides is 1. The summed E-state index contributed by atoms with van der Waals surface area (Å²) >= 11 is 0. The van der Waals surface area contributed by atoms with Gasteiger partial charge in [-0.25, -0.2) is 0 Å². The summed E-state index contributed by atoms with van der Waals surface area (Å²) in [7, 11) is 0. The smallest absolute Gasteiger partial charge is 0.322 e. The molecule has 0 bridgehead atoms. The third-order valence-corrected chi connectivity index (χ3v) is 4.04. The molecule has 0 saturated heterocycles. The molecular formula is C17H18F3N3O. The van der Waals surface area contributed by atoms with Crippen LogP contribution in [0.4, 0.5) is 18.9 Å². The molecule has 0 atom stereocenters. The average molecular weight is 337 g/mol. The van der Waals surface area contributed by atoms with Gasteiger partial charge in [0.25, 0.3) is 0 Å². The van der Waals surface area contributed by atoms with Crippen molar-refractivity contribution in [2.45, 2.75) is 38.8 Å². The summed E-state index contributed by atoms with van der Waals surface area (Å²) in [6.45, 7) is 3.56. The van der Waals surface area contributed by atoms with Crippen LogP contribution in [0.15, 0.2) is 24.3 Å². The van der Waals surface area contributed by atoms with Crippen LogP contribution in [0.2, 0.25) is 0 Å². The van der Waals surface area contributed by atoms with Gasteiger partial charge in [0.15, 0.2) is 0 Å². The zero-order valence-electron chi connectivity index (χ0n) is 13.4. The summed E-state index contributed by atoms with van der Waals surface area (Å²) in [6, 6.07) is 4.80. The predicted molar refractivity (Wildman–Crippen MR) is 84.5 cm³/mol. The number of nitrogens with zero attached hydrogens (tertiary/aromatic N) is 1. The van der Waals surface area contributed by atoms with E-state index in [-0.39, 0.29) is 11.8 Å². The molecular weight excluding hydrogens is 319 g/mol. The van der Waals surface area contributed by atoms with Crippen LogP contribution < -0.4 is 5.32 Å². The standard InChI is InChI=1S/C17H18F3N3O/c1-9(2)16(24)21-15-13(10-3-4-10)22-23-14(15)11-5-7-12(8-6-11)17(18,19)20/h5-10H,3-4H2,1-2H3,(H,21,24)(H,22,23). The van der Waals surface area contributed by atoms with E-state index in [0.29, 0.717) is 22.9 Å². The van der Waals surface area contributed by atoms with Gasteiger partial charge >= 0.3 is 6.18 Å². The van der Waals surface area contributed by atoms with Crippen LogP contribution >= 0.6 is 0 Å². The van der Waals surface area contributed by atoms with Crippen molar-refractivity contribution >= 4 is 11.6 Å². The SMILES string of the molecule is CC(C)C(=O)Nc1c(-c2ccc(C(F)(F)F)cc2)n[nH]c1C1CC1. The highest BCUT2D eigenvalue weighted by Gasteiger charge is 2.32. The maximum Gasteiger partial charge on any atom is 0.416 e. The first kappa shape index (κ1) is 16.5.